The normalized spacial score (nSPS) is 20.4. The maximum absolute atomic E-state index is 13.4. The molecule has 0 bridgehead atoms. The lowest BCUT2D eigenvalue weighted by Crippen LogP contribution is -2.07. The Labute approximate surface area is 77.8 Å². The molecule has 1 aliphatic carbocycles. The minimum absolute atomic E-state index is 0.0819. The first kappa shape index (κ1) is 8.70. The first-order chi connectivity index (χ1) is 6.24. The molecule has 2 N–H and O–H groups in total. The van der Waals surface area contributed by atoms with Crippen LogP contribution in [0.5, 0.6) is 0 Å². The van der Waals surface area contributed by atoms with Gasteiger partial charge in [0.25, 0.3) is 0 Å². The highest BCUT2D eigenvalue weighted by atomic mass is 19.1. The van der Waals surface area contributed by atoms with Crippen LogP contribution in [-0.2, 0) is 12.8 Å². The maximum atomic E-state index is 13.4. The Kier molecular flexibility index (Phi) is 2.08. The molecule has 0 spiro atoms. The Hall–Kier alpha value is -0.890. The van der Waals surface area contributed by atoms with Crippen molar-refractivity contribution in [2.24, 2.45) is 5.73 Å². The number of nitrogens with two attached hydrogens (primary N) is 1. The summed E-state index contributed by atoms with van der Waals surface area (Å²) in [7, 11) is 0. The molecule has 0 unspecified atom stereocenters. The molecule has 1 aromatic rings. The van der Waals surface area contributed by atoms with Crippen molar-refractivity contribution < 1.29 is 4.39 Å². The van der Waals surface area contributed by atoms with Crippen molar-refractivity contribution in [2.75, 3.05) is 0 Å². The molecule has 2 heteroatoms. The minimum Gasteiger partial charge on any atom is -0.324 e. The molecule has 0 heterocycles. The third kappa shape index (κ3) is 1.25. The lowest BCUT2D eigenvalue weighted by atomic mass is 10.0. The van der Waals surface area contributed by atoms with E-state index in [2.05, 4.69) is 6.92 Å². The van der Waals surface area contributed by atoms with Crippen molar-refractivity contribution in [2.45, 2.75) is 32.2 Å². The molecule has 1 atom stereocenters. The summed E-state index contributed by atoms with van der Waals surface area (Å²) in [6.07, 6.45) is 2.80. The Morgan fingerprint density at radius 3 is 3.00 bits per heavy atom. The van der Waals surface area contributed by atoms with Crippen LogP contribution in [0.1, 0.15) is 36.1 Å². The van der Waals surface area contributed by atoms with E-state index in [0.717, 1.165) is 30.4 Å². The van der Waals surface area contributed by atoms with Gasteiger partial charge in [-0.25, -0.2) is 4.39 Å². The third-order valence-corrected chi connectivity index (χ3v) is 2.86. The molecule has 13 heavy (non-hydrogen) atoms. The average Bonchev–Trinajstić information content (AvgIpc) is 2.50. The molecule has 0 radical (unpaired) electrons. The van der Waals surface area contributed by atoms with Gasteiger partial charge in [0.05, 0.1) is 0 Å². The summed E-state index contributed by atoms with van der Waals surface area (Å²) in [6, 6.07) is 3.34. The fraction of sp³-hybridized carbons (Fsp3) is 0.455. The maximum Gasteiger partial charge on any atom is 0.128 e. The molecular formula is C11H14FN. The highest BCUT2D eigenvalue weighted by Crippen LogP contribution is 2.33. The van der Waals surface area contributed by atoms with E-state index in [-0.39, 0.29) is 11.9 Å². The molecule has 1 aromatic carbocycles. The van der Waals surface area contributed by atoms with Gasteiger partial charge < -0.3 is 5.73 Å². The number of fused-ring (bicyclic) bond motifs is 1. The third-order valence-electron chi connectivity index (χ3n) is 2.86. The van der Waals surface area contributed by atoms with Crippen molar-refractivity contribution >= 4 is 0 Å². The van der Waals surface area contributed by atoms with Crippen LogP contribution < -0.4 is 5.73 Å². The highest BCUT2D eigenvalue weighted by Gasteiger charge is 2.24. The lowest BCUT2D eigenvalue weighted by molar-refractivity contribution is 0.588. The zero-order valence-electron chi connectivity index (χ0n) is 7.81. The highest BCUT2D eigenvalue weighted by molar-refractivity contribution is 5.41. The number of hydrogen-bond acceptors (Lipinski definition) is 1. The summed E-state index contributed by atoms with van der Waals surface area (Å²) >= 11 is 0. The zero-order chi connectivity index (χ0) is 9.42. The molecule has 1 aliphatic rings. The Bertz CT molecular complexity index is 333. The van der Waals surface area contributed by atoms with Crippen LogP contribution in [0.15, 0.2) is 12.1 Å². The van der Waals surface area contributed by atoms with E-state index < -0.39 is 0 Å². The van der Waals surface area contributed by atoms with Gasteiger partial charge >= 0.3 is 0 Å². The Morgan fingerprint density at radius 1 is 1.54 bits per heavy atom. The van der Waals surface area contributed by atoms with Crippen molar-refractivity contribution in [3.63, 3.8) is 0 Å². The van der Waals surface area contributed by atoms with E-state index in [1.807, 2.05) is 6.07 Å². The van der Waals surface area contributed by atoms with Crippen molar-refractivity contribution in [1.82, 2.24) is 0 Å². The standard InChI is InChI=1S/C11H14FN/c1-2-7-3-5-9(12)11-8(7)4-6-10(11)13/h3,5,10H,2,4,6,13H2,1H3/t10-/m0/s1. The Balaban J connectivity index is 2.59. The van der Waals surface area contributed by atoms with Crippen LogP contribution in [0.4, 0.5) is 4.39 Å². The van der Waals surface area contributed by atoms with Crippen LogP contribution in [0, 0.1) is 5.82 Å². The van der Waals surface area contributed by atoms with Crippen LogP contribution in [0.25, 0.3) is 0 Å². The topological polar surface area (TPSA) is 26.0 Å². The van der Waals surface area contributed by atoms with Gasteiger partial charge in [-0.05, 0) is 36.5 Å². The predicted molar refractivity (Wildman–Crippen MR) is 51.0 cm³/mol. The van der Waals surface area contributed by atoms with E-state index in [4.69, 9.17) is 5.73 Å². The molecule has 0 fully saturated rings. The van der Waals surface area contributed by atoms with Crippen molar-refractivity contribution in [1.29, 1.82) is 0 Å². The fourth-order valence-electron chi connectivity index (χ4n) is 2.15. The average molecular weight is 179 g/mol. The molecule has 1 nitrogen and oxygen atoms in total. The summed E-state index contributed by atoms with van der Waals surface area (Å²) in [5, 5.41) is 0. The van der Waals surface area contributed by atoms with Gasteiger partial charge in [0.1, 0.15) is 5.82 Å². The summed E-state index contributed by atoms with van der Waals surface area (Å²) in [6.45, 7) is 2.09. The van der Waals surface area contributed by atoms with Gasteiger partial charge in [-0.1, -0.05) is 13.0 Å². The molecule has 0 saturated heterocycles. The molecule has 0 amide bonds. The quantitative estimate of drug-likeness (QED) is 0.703. The zero-order valence-corrected chi connectivity index (χ0v) is 7.81. The molecule has 0 saturated carbocycles. The van der Waals surface area contributed by atoms with Gasteiger partial charge in [0.15, 0.2) is 0 Å². The van der Waals surface area contributed by atoms with Gasteiger partial charge in [-0.2, -0.15) is 0 Å². The van der Waals surface area contributed by atoms with Gasteiger partial charge in [0, 0.05) is 11.6 Å². The smallest absolute Gasteiger partial charge is 0.128 e. The van der Waals surface area contributed by atoms with Crippen LogP contribution in [0.2, 0.25) is 0 Å². The van der Waals surface area contributed by atoms with Crippen LogP contribution in [-0.4, -0.2) is 0 Å². The van der Waals surface area contributed by atoms with E-state index >= 15 is 0 Å². The van der Waals surface area contributed by atoms with E-state index in [1.54, 1.807) is 6.07 Å². The monoisotopic (exact) mass is 179 g/mol. The number of halogens is 1. The van der Waals surface area contributed by atoms with Gasteiger partial charge in [-0.15, -0.1) is 0 Å². The number of benzene rings is 1. The molecule has 70 valence electrons. The van der Waals surface area contributed by atoms with E-state index in [9.17, 15) is 4.39 Å². The summed E-state index contributed by atoms with van der Waals surface area (Å²) in [4.78, 5) is 0. The summed E-state index contributed by atoms with van der Waals surface area (Å²) in [5.41, 5.74) is 9.01. The number of aryl methyl sites for hydroxylation is 1. The first-order valence-corrected chi connectivity index (χ1v) is 4.79. The minimum atomic E-state index is -0.128. The summed E-state index contributed by atoms with van der Waals surface area (Å²) in [5.74, 6) is -0.128. The predicted octanol–water partition coefficient (Wildman–Crippen LogP) is 2.33. The first-order valence-electron chi connectivity index (χ1n) is 4.79. The van der Waals surface area contributed by atoms with Crippen LogP contribution >= 0.6 is 0 Å². The molecular weight excluding hydrogens is 165 g/mol. The number of hydrogen-bond donors (Lipinski definition) is 1. The van der Waals surface area contributed by atoms with Gasteiger partial charge in [-0.3, -0.25) is 0 Å². The SMILES string of the molecule is CCc1ccc(F)c2c1CC[C@@H]2N. The van der Waals surface area contributed by atoms with Gasteiger partial charge in [0.2, 0.25) is 0 Å². The summed E-state index contributed by atoms with van der Waals surface area (Å²) < 4.78 is 13.4. The molecule has 0 aromatic heterocycles. The molecule has 2 rings (SSSR count). The van der Waals surface area contributed by atoms with E-state index in [1.165, 1.54) is 5.56 Å². The second-order valence-corrected chi connectivity index (χ2v) is 3.60. The molecule has 0 aliphatic heterocycles. The van der Waals surface area contributed by atoms with Crippen LogP contribution in [0.3, 0.4) is 0 Å². The largest absolute Gasteiger partial charge is 0.324 e. The Morgan fingerprint density at radius 2 is 2.31 bits per heavy atom. The van der Waals surface area contributed by atoms with Crippen molar-refractivity contribution in [3.8, 4) is 0 Å². The second-order valence-electron chi connectivity index (χ2n) is 3.60. The fourth-order valence-corrected chi connectivity index (χ4v) is 2.15. The lowest BCUT2D eigenvalue weighted by Gasteiger charge is -2.09. The van der Waals surface area contributed by atoms with E-state index in [0.29, 0.717) is 0 Å². The van der Waals surface area contributed by atoms with Crippen molar-refractivity contribution in [3.05, 3.63) is 34.6 Å². The second kappa shape index (κ2) is 3.11. The number of rotatable bonds is 1.